The first-order chi connectivity index (χ1) is 14.4. The minimum atomic E-state index is -0.357. The van der Waals surface area contributed by atoms with Crippen LogP contribution in [0.15, 0.2) is 72.8 Å². The van der Waals surface area contributed by atoms with Crippen LogP contribution >= 0.6 is 12.2 Å². The van der Waals surface area contributed by atoms with Gasteiger partial charge < -0.3 is 19.9 Å². The highest BCUT2D eigenvalue weighted by Gasteiger charge is 2.33. The molecular weight excluding hydrogens is 394 g/mol. The fourth-order valence-electron chi connectivity index (χ4n) is 3.46. The molecule has 0 spiro atoms. The predicted molar refractivity (Wildman–Crippen MR) is 125 cm³/mol. The molecule has 1 atom stereocenters. The van der Waals surface area contributed by atoms with Crippen molar-refractivity contribution < 1.29 is 9.53 Å². The largest absolute Gasteiger partial charge is 0.457 e. The number of carbonyl (C=O) groups excluding carboxylic acids is 1. The van der Waals surface area contributed by atoms with E-state index in [0.717, 1.165) is 34.0 Å². The Morgan fingerprint density at radius 2 is 1.77 bits per heavy atom. The van der Waals surface area contributed by atoms with Crippen LogP contribution in [0.4, 0.5) is 11.4 Å². The third kappa shape index (κ3) is 3.86. The Hall–Kier alpha value is -3.38. The van der Waals surface area contributed by atoms with E-state index in [9.17, 15) is 4.79 Å². The number of carbonyl (C=O) groups is 1. The summed E-state index contributed by atoms with van der Waals surface area (Å²) in [6.45, 7) is 1.84. The first-order valence-electron chi connectivity index (χ1n) is 9.73. The molecule has 4 rings (SSSR count). The molecule has 152 valence electrons. The first kappa shape index (κ1) is 19.9. The normalized spacial score (nSPS) is 15.8. The molecule has 1 aliphatic heterocycles. The molecule has 3 aromatic carbocycles. The predicted octanol–water partition coefficient (Wildman–Crippen LogP) is 4.82. The second-order valence-electron chi connectivity index (χ2n) is 7.38. The lowest BCUT2D eigenvalue weighted by atomic mass is 10.0. The zero-order chi connectivity index (χ0) is 21.3. The summed E-state index contributed by atoms with van der Waals surface area (Å²) in [4.78, 5) is 15.9. The van der Waals surface area contributed by atoms with E-state index < -0.39 is 0 Å². The molecule has 1 aliphatic rings. The number of amides is 1. The number of hydrogen-bond donors (Lipinski definition) is 1. The van der Waals surface area contributed by atoms with Crippen molar-refractivity contribution in [2.75, 3.05) is 23.9 Å². The molecule has 1 heterocycles. The topological polar surface area (TPSA) is 44.8 Å². The maximum atomic E-state index is 12.0. The molecule has 0 aliphatic carbocycles. The Morgan fingerprint density at radius 3 is 2.43 bits per heavy atom. The van der Waals surface area contributed by atoms with E-state index in [1.54, 1.807) is 0 Å². The van der Waals surface area contributed by atoms with Gasteiger partial charge in [0.1, 0.15) is 17.5 Å². The SMILES string of the molecule is CC1C(=O)NC(=S)N1c1ccc(Oc2cccc(N(C)C)c2)c(-c2ccccc2)c1. The van der Waals surface area contributed by atoms with Gasteiger partial charge in [-0.15, -0.1) is 0 Å². The van der Waals surface area contributed by atoms with Gasteiger partial charge in [-0.1, -0.05) is 36.4 Å². The van der Waals surface area contributed by atoms with Gasteiger partial charge in [0.05, 0.1) is 0 Å². The maximum Gasteiger partial charge on any atom is 0.249 e. The third-order valence-electron chi connectivity index (χ3n) is 5.10. The minimum Gasteiger partial charge on any atom is -0.457 e. The van der Waals surface area contributed by atoms with Crippen molar-refractivity contribution in [2.45, 2.75) is 13.0 Å². The van der Waals surface area contributed by atoms with E-state index in [4.69, 9.17) is 17.0 Å². The number of nitrogens with zero attached hydrogens (tertiary/aromatic N) is 2. The average molecular weight is 418 g/mol. The maximum absolute atomic E-state index is 12.0. The van der Waals surface area contributed by atoms with E-state index in [1.807, 2.05) is 104 Å². The van der Waals surface area contributed by atoms with E-state index in [2.05, 4.69) is 5.32 Å². The van der Waals surface area contributed by atoms with Gasteiger partial charge in [0.2, 0.25) is 5.91 Å². The summed E-state index contributed by atoms with van der Waals surface area (Å²) in [5.41, 5.74) is 3.86. The van der Waals surface area contributed by atoms with Crippen LogP contribution in [-0.4, -0.2) is 31.2 Å². The molecule has 5 nitrogen and oxygen atoms in total. The van der Waals surface area contributed by atoms with Crippen LogP contribution < -0.4 is 19.9 Å². The molecule has 6 heteroatoms. The van der Waals surface area contributed by atoms with Gasteiger partial charge in [-0.05, 0) is 55.0 Å². The molecule has 0 bridgehead atoms. The van der Waals surface area contributed by atoms with Crippen molar-refractivity contribution in [1.82, 2.24) is 5.32 Å². The Bertz CT molecular complexity index is 1100. The molecule has 1 N–H and O–H groups in total. The van der Waals surface area contributed by atoms with Gasteiger partial charge in [0.15, 0.2) is 5.11 Å². The standard InChI is InChI=1S/C24H23N3O2S/c1-16-23(28)25-24(30)27(16)19-12-13-22(21(15-19)17-8-5-4-6-9-17)29-20-11-7-10-18(14-20)26(2)3/h4-16H,1-3H3,(H,25,28,30). The molecule has 1 fully saturated rings. The Balaban J connectivity index is 1.76. The molecular formula is C24H23N3O2S. The molecule has 0 radical (unpaired) electrons. The first-order valence-corrected chi connectivity index (χ1v) is 10.1. The zero-order valence-electron chi connectivity index (χ0n) is 17.1. The van der Waals surface area contributed by atoms with Crippen LogP contribution in [0.3, 0.4) is 0 Å². The van der Waals surface area contributed by atoms with Crippen LogP contribution in [0, 0.1) is 0 Å². The molecule has 0 saturated carbocycles. The van der Waals surface area contributed by atoms with Crippen LogP contribution in [0.25, 0.3) is 11.1 Å². The molecule has 3 aromatic rings. The summed E-state index contributed by atoms with van der Waals surface area (Å²) < 4.78 is 6.29. The van der Waals surface area contributed by atoms with Crippen molar-refractivity contribution >= 4 is 34.6 Å². The molecule has 1 unspecified atom stereocenters. The van der Waals surface area contributed by atoms with Crippen molar-refractivity contribution in [3.8, 4) is 22.6 Å². The van der Waals surface area contributed by atoms with Gasteiger partial charge in [-0.25, -0.2) is 0 Å². The van der Waals surface area contributed by atoms with E-state index in [1.165, 1.54) is 0 Å². The smallest absolute Gasteiger partial charge is 0.249 e. The lowest BCUT2D eigenvalue weighted by molar-refractivity contribution is -0.119. The number of thiocarbonyl (C=S) groups is 1. The summed E-state index contributed by atoms with van der Waals surface area (Å²) in [7, 11) is 4.00. The highest BCUT2D eigenvalue weighted by molar-refractivity contribution is 7.80. The van der Waals surface area contributed by atoms with E-state index >= 15 is 0 Å². The summed E-state index contributed by atoms with van der Waals surface area (Å²) in [5, 5.41) is 3.14. The van der Waals surface area contributed by atoms with Crippen LogP contribution in [0.1, 0.15) is 6.92 Å². The third-order valence-corrected chi connectivity index (χ3v) is 5.40. The fraction of sp³-hybridized carbons (Fsp3) is 0.167. The quantitative estimate of drug-likeness (QED) is 0.603. The monoisotopic (exact) mass is 417 g/mol. The number of nitrogens with one attached hydrogen (secondary N) is 1. The lowest BCUT2D eigenvalue weighted by Crippen LogP contribution is -2.32. The molecule has 0 aromatic heterocycles. The highest BCUT2D eigenvalue weighted by atomic mass is 32.1. The highest BCUT2D eigenvalue weighted by Crippen LogP contribution is 2.38. The van der Waals surface area contributed by atoms with Crippen molar-refractivity contribution in [2.24, 2.45) is 0 Å². The van der Waals surface area contributed by atoms with Crippen LogP contribution in [0.5, 0.6) is 11.5 Å². The number of benzene rings is 3. The van der Waals surface area contributed by atoms with Gasteiger partial charge in [-0.3, -0.25) is 4.79 Å². The molecule has 1 saturated heterocycles. The fourth-order valence-corrected chi connectivity index (χ4v) is 3.82. The second kappa shape index (κ2) is 8.16. The van der Waals surface area contributed by atoms with E-state index in [-0.39, 0.29) is 11.9 Å². The minimum absolute atomic E-state index is 0.0953. The van der Waals surface area contributed by atoms with Crippen molar-refractivity contribution in [1.29, 1.82) is 0 Å². The molecule has 1 amide bonds. The summed E-state index contributed by atoms with van der Waals surface area (Å²) >= 11 is 5.37. The van der Waals surface area contributed by atoms with Gasteiger partial charge in [0, 0.05) is 37.1 Å². The van der Waals surface area contributed by atoms with E-state index in [0.29, 0.717) is 5.11 Å². The summed E-state index contributed by atoms with van der Waals surface area (Å²) in [6, 6.07) is 23.5. The number of hydrogen-bond acceptors (Lipinski definition) is 4. The lowest BCUT2D eigenvalue weighted by Gasteiger charge is -2.23. The number of anilines is 2. The van der Waals surface area contributed by atoms with Crippen molar-refractivity contribution in [3.05, 3.63) is 72.8 Å². The Kier molecular flexibility index (Phi) is 5.42. The van der Waals surface area contributed by atoms with Crippen LogP contribution in [-0.2, 0) is 4.79 Å². The average Bonchev–Trinajstić information content (AvgIpc) is 3.00. The Labute approximate surface area is 181 Å². The summed E-state index contributed by atoms with van der Waals surface area (Å²) in [5.74, 6) is 1.40. The van der Waals surface area contributed by atoms with Crippen LogP contribution in [0.2, 0.25) is 0 Å². The number of ether oxygens (including phenoxy) is 1. The molecule has 30 heavy (non-hydrogen) atoms. The second-order valence-corrected chi connectivity index (χ2v) is 7.77. The zero-order valence-corrected chi connectivity index (χ0v) is 17.9. The van der Waals surface area contributed by atoms with Gasteiger partial charge in [-0.2, -0.15) is 0 Å². The Morgan fingerprint density at radius 1 is 1.00 bits per heavy atom. The van der Waals surface area contributed by atoms with Crippen molar-refractivity contribution in [3.63, 3.8) is 0 Å². The number of rotatable bonds is 5. The van der Waals surface area contributed by atoms with Gasteiger partial charge in [0.25, 0.3) is 0 Å². The summed E-state index contributed by atoms with van der Waals surface area (Å²) in [6.07, 6.45) is 0. The van der Waals surface area contributed by atoms with Gasteiger partial charge >= 0.3 is 0 Å².